The van der Waals surface area contributed by atoms with Gasteiger partial charge in [0.25, 0.3) is 9.05 Å². The molecule has 18 heavy (non-hydrogen) atoms. The van der Waals surface area contributed by atoms with Gasteiger partial charge in [0.15, 0.2) is 0 Å². The van der Waals surface area contributed by atoms with Crippen LogP contribution >= 0.6 is 10.7 Å². The number of benzene rings is 1. The molecule has 100 valence electrons. The maximum atomic E-state index is 11.3. The minimum Gasteiger partial charge on any atom is -0.495 e. The van der Waals surface area contributed by atoms with E-state index in [9.17, 15) is 13.2 Å². The monoisotopic (exact) mass is 292 g/mol. The van der Waals surface area contributed by atoms with E-state index in [1.807, 2.05) is 0 Å². The summed E-state index contributed by atoms with van der Waals surface area (Å²) < 4.78 is 27.5. The molecule has 0 aromatic heterocycles. The predicted molar refractivity (Wildman–Crippen MR) is 66.7 cm³/mol. The highest BCUT2D eigenvalue weighted by Crippen LogP contribution is 2.32. The molecule has 0 unspecified atom stereocenters. The fraction of sp³-hybridized carbons (Fsp3) is 0.364. The third-order valence-electron chi connectivity index (χ3n) is 2.68. The smallest absolute Gasteiger partial charge is 0.313 e. The van der Waals surface area contributed by atoms with Crippen LogP contribution in [0, 0.1) is 0 Å². The van der Waals surface area contributed by atoms with Gasteiger partial charge in [0.1, 0.15) is 10.6 Å². The maximum Gasteiger partial charge on any atom is 0.313 e. The number of carboxylic acids is 1. The first kappa shape index (κ1) is 14.8. The highest BCUT2D eigenvalue weighted by Gasteiger charge is 2.31. The summed E-state index contributed by atoms with van der Waals surface area (Å²) in [5.74, 6) is -0.997. The second-order valence-corrected chi connectivity index (χ2v) is 6.77. The maximum absolute atomic E-state index is 11.3. The first-order valence-corrected chi connectivity index (χ1v) is 7.28. The molecule has 0 saturated carbocycles. The number of ether oxygens (including phenoxy) is 1. The molecule has 0 saturated heterocycles. The van der Waals surface area contributed by atoms with E-state index < -0.39 is 20.4 Å². The molecular formula is C11H13ClO5S. The van der Waals surface area contributed by atoms with Crippen LogP contribution in [0.5, 0.6) is 5.75 Å². The van der Waals surface area contributed by atoms with Gasteiger partial charge in [-0.15, -0.1) is 0 Å². The Morgan fingerprint density at radius 3 is 2.33 bits per heavy atom. The van der Waals surface area contributed by atoms with Crippen molar-refractivity contribution in [3.05, 3.63) is 23.8 Å². The van der Waals surface area contributed by atoms with Crippen molar-refractivity contribution in [3.8, 4) is 5.75 Å². The third-order valence-corrected chi connectivity index (χ3v) is 4.04. The van der Waals surface area contributed by atoms with Crippen molar-refractivity contribution in [2.75, 3.05) is 7.11 Å². The van der Waals surface area contributed by atoms with E-state index in [4.69, 9.17) is 20.5 Å². The van der Waals surface area contributed by atoms with Crippen molar-refractivity contribution in [1.82, 2.24) is 0 Å². The Hall–Kier alpha value is -1.27. The number of hydrogen-bond donors (Lipinski definition) is 1. The quantitative estimate of drug-likeness (QED) is 0.858. The van der Waals surface area contributed by atoms with Gasteiger partial charge in [0, 0.05) is 10.7 Å². The molecule has 1 aromatic rings. The topological polar surface area (TPSA) is 80.7 Å². The van der Waals surface area contributed by atoms with Crippen LogP contribution in [0.15, 0.2) is 23.1 Å². The molecule has 0 spiro atoms. The molecule has 1 aromatic carbocycles. The highest BCUT2D eigenvalue weighted by molar-refractivity contribution is 8.13. The summed E-state index contributed by atoms with van der Waals surface area (Å²) in [4.78, 5) is 10.9. The zero-order valence-corrected chi connectivity index (χ0v) is 11.7. The number of halogens is 1. The number of methoxy groups -OCH3 is 1. The van der Waals surface area contributed by atoms with Crippen LogP contribution in [0.3, 0.4) is 0 Å². The molecule has 0 aliphatic heterocycles. The number of carbonyl (C=O) groups is 1. The van der Waals surface area contributed by atoms with Crippen LogP contribution in [0.2, 0.25) is 0 Å². The van der Waals surface area contributed by atoms with Crippen LogP contribution in [-0.4, -0.2) is 26.6 Å². The number of aliphatic carboxylic acids is 1. The lowest BCUT2D eigenvalue weighted by molar-refractivity contribution is -0.142. The van der Waals surface area contributed by atoms with Gasteiger partial charge in [0.05, 0.1) is 12.5 Å². The fourth-order valence-electron chi connectivity index (χ4n) is 1.38. The van der Waals surface area contributed by atoms with Crippen molar-refractivity contribution in [1.29, 1.82) is 0 Å². The van der Waals surface area contributed by atoms with Crippen molar-refractivity contribution in [3.63, 3.8) is 0 Å². The molecule has 1 rings (SSSR count). The summed E-state index contributed by atoms with van der Waals surface area (Å²) in [7, 11) is 2.61. The molecule has 7 heteroatoms. The molecule has 0 heterocycles. The van der Waals surface area contributed by atoms with Crippen LogP contribution in [-0.2, 0) is 19.3 Å². The molecule has 0 aliphatic carbocycles. The Bertz CT molecular complexity index is 577. The van der Waals surface area contributed by atoms with Gasteiger partial charge >= 0.3 is 5.97 Å². The highest BCUT2D eigenvalue weighted by atomic mass is 35.7. The van der Waals surface area contributed by atoms with Gasteiger partial charge < -0.3 is 9.84 Å². The van der Waals surface area contributed by atoms with Gasteiger partial charge in [-0.25, -0.2) is 8.42 Å². The number of carboxylic acid groups (broad SMARTS) is 1. The Kier molecular flexibility index (Phi) is 3.92. The zero-order chi connectivity index (χ0) is 14.1. The van der Waals surface area contributed by atoms with E-state index >= 15 is 0 Å². The lowest BCUT2D eigenvalue weighted by atomic mass is 9.85. The largest absolute Gasteiger partial charge is 0.495 e. The van der Waals surface area contributed by atoms with E-state index in [1.54, 1.807) is 0 Å². The standard InChI is InChI=1S/C11H13ClO5S/c1-11(2,10(13)14)7-4-5-9(18(12,15)16)8(6-7)17-3/h4-6H,1-3H3,(H,13,14). The molecule has 0 atom stereocenters. The number of hydrogen-bond acceptors (Lipinski definition) is 4. The minimum atomic E-state index is -3.93. The van der Waals surface area contributed by atoms with E-state index in [0.29, 0.717) is 5.56 Å². The van der Waals surface area contributed by atoms with Gasteiger partial charge in [-0.1, -0.05) is 6.07 Å². The normalized spacial score (nSPS) is 12.2. The Labute approximate surface area is 110 Å². The number of rotatable bonds is 4. The van der Waals surface area contributed by atoms with Gasteiger partial charge in [-0.05, 0) is 31.5 Å². The molecule has 0 radical (unpaired) electrons. The van der Waals surface area contributed by atoms with Crippen molar-refractivity contribution >= 4 is 25.7 Å². The molecule has 5 nitrogen and oxygen atoms in total. The van der Waals surface area contributed by atoms with Crippen LogP contribution in [0.25, 0.3) is 0 Å². The van der Waals surface area contributed by atoms with E-state index in [0.717, 1.165) is 0 Å². The average molecular weight is 293 g/mol. The van der Waals surface area contributed by atoms with Gasteiger partial charge in [-0.2, -0.15) is 0 Å². The van der Waals surface area contributed by atoms with Gasteiger partial charge in [-0.3, -0.25) is 4.79 Å². The predicted octanol–water partition coefficient (Wildman–Crippen LogP) is 1.98. The van der Waals surface area contributed by atoms with Crippen LogP contribution < -0.4 is 4.74 Å². The Morgan fingerprint density at radius 2 is 1.94 bits per heavy atom. The summed E-state index contributed by atoms with van der Waals surface area (Å²) in [6.45, 7) is 3.03. The average Bonchev–Trinajstić information content (AvgIpc) is 2.26. The van der Waals surface area contributed by atoms with Crippen LogP contribution in [0.1, 0.15) is 19.4 Å². The Balaban J connectivity index is 3.44. The van der Waals surface area contributed by atoms with Crippen LogP contribution in [0.4, 0.5) is 0 Å². The molecule has 1 N–H and O–H groups in total. The second-order valence-electron chi connectivity index (χ2n) is 4.23. The fourth-order valence-corrected chi connectivity index (χ4v) is 2.38. The summed E-state index contributed by atoms with van der Waals surface area (Å²) >= 11 is 0. The SMILES string of the molecule is COc1cc(C(C)(C)C(=O)O)ccc1S(=O)(=O)Cl. The molecule has 0 fully saturated rings. The van der Waals surface area contributed by atoms with Gasteiger partial charge in [0.2, 0.25) is 0 Å². The third kappa shape index (κ3) is 2.76. The summed E-state index contributed by atoms with van der Waals surface area (Å²) in [5.41, 5.74) is -0.724. The summed E-state index contributed by atoms with van der Waals surface area (Å²) in [5, 5.41) is 9.10. The second kappa shape index (κ2) is 4.78. The molecule has 0 amide bonds. The van der Waals surface area contributed by atoms with Crippen molar-refractivity contribution in [2.24, 2.45) is 0 Å². The van der Waals surface area contributed by atoms with E-state index in [-0.39, 0.29) is 10.6 Å². The van der Waals surface area contributed by atoms with Crippen molar-refractivity contribution < 1.29 is 23.1 Å². The lowest BCUT2D eigenvalue weighted by Gasteiger charge is -2.20. The first-order chi connectivity index (χ1) is 8.10. The van der Waals surface area contributed by atoms with E-state index in [1.165, 1.54) is 39.2 Å². The zero-order valence-electron chi connectivity index (χ0n) is 10.1. The molecular weight excluding hydrogens is 280 g/mol. The van der Waals surface area contributed by atoms with Crippen molar-refractivity contribution in [2.45, 2.75) is 24.2 Å². The molecule has 0 aliphatic rings. The summed E-state index contributed by atoms with van der Waals surface area (Å²) in [6.07, 6.45) is 0. The first-order valence-electron chi connectivity index (χ1n) is 4.97. The van der Waals surface area contributed by atoms with E-state index in [2.05, 4.69) is 0 Å². The summed E-state index contributed by atoms with van der Waals surface area (Å²) in [6, 6.07) is 4.01. The Morgan fingerprint density at radius 1 is 1.39 bits per heavy atom. The minimum absolute atomic E-state index is 0.0248. The lowest BCUT2D eigenvalue weighted by Crippen LogP contribution is -2.28. The molecule has 0 bridgehead atoms.